The summed E-state index contributed by atoms with van der Waals surface area (Å²) in [5.74, 6) is -0.470. The van der Waals surface area contributed by atoms with Crippen molar-refractivity contribution in [1.29, 1.82) is 0 Å². The minimum Gasteiger partial charge on any atom is -0.459 e. The van der Waals surface area contributed by atoms with Gasteiger partial charge >= 0.3 is 5.69 Å². The molecular formula is C33H39N5O6. The van der Waals surface area contributed by atoms with Crippen molar-refractivity contribution in [3.05, 3.63) is 98.5 Å². The predicted molar refractivity (Wildman–Crippen MR) is 166 cm³/mol. The SMILES string of the molecule is Cc1c([C@@H]2C=C(C(=O)N3CCC(n4c(=O)[nH]c5ccccc54)CC3)O[C@H](OCCCCO)C2)c(=O)n(-c2ccccc2)n1C. The Morgan fingerprint density at radius 1 is 1.05 bits per heavy atom. The molecule has 11 heteroatoms. The van der Waals surface area contributed by atoms with Crippen LogP contribution in [-0.4, -0.2) is 67.4 Å². The molecule has 4 heterocycles. The number of aliphatic hydroxyl groups is 1. The Kier molecular flexibility index (Phi) is 8.58. The van der Waals surface area contributed by atoms with Gasteiger partial charge in [0.2, 0.25) is 6.29 Å². The van der Waals surface area contributed by atoms with Gasteiger partial charge in [-0.3, -0.25) is 18.8 Å². The highest BCUT2D eigenvalue weighted by Gasteiger charge is 2.35. The summed E-state index contributed by atoms with van der Waals surface area (Å²) in [6, 6.07) is 17.1. The number of carbonyl (C=O) groups is 1. The van der Waals surface area contributed by atoms with Crippen molar-refractivity contribution >= 4 is 16.9 Å². The molecule has 2 N–H and O–H groups in total. The van der Waals surface area contributed by atoms with E-state index in [-0.39, 0.29) is 35.6 Å². The highest BCUT2D eigenvalue weighted by atomic mass is 16.7. The van der Waals surface area contributed by atoms with Gasteiger partial charge in [-0.15, -0.1) is 0 Å². The molecule has 2 aliphatic rings. The second-order valence-electron chi connectivity index (χ2n) is 11.5. The zero-order valence-corrected chi connectivity index (χ0v) is 25.1. The number of hydrogen-bond acceptors (Lipinski definition) is 6. The van der Waals surface area contributed by atoms with Crippen molar-refractivity contribution in [3.8, 4) is 5.69 Å². The molecule has 1 saturated heterocycles. The zero-order valence-electron chi connectivity index (χ0n) is 25.1. The van der Waals surface area contributed by atoms with Gasteiger partial charge in [0.05, 0.1) is 23.3 Å². The second kappa shape index (κ2) is 12.7. The number of benzene rings is 2. The van der Waals surface area contributed by atoms with Crippen LogP contribution in [0.4, 0.5) is 0 Å². The van der Waals surface area contributed by atoms with Crippen molar-refractivity contribution in [2.45, 2.75) is 57.3 Å². The molecule has 11 nitrogen and oxygen atoms in total. The van der Waals surface area contributed by atoms with Crippen LogP contribution >= 0.6 is 0 Å². The first kappa shape index (κ1) is 29.7. The van der Waals surface area contributed by atoms with Crippen LogP contribution < -0.4 is 11.2 Å². The number of rotatable bonds is 9. The van der Waals surface area contributed by atoms with Crippen LogP contribution in [0.2, 0.25) is 0 Å². The second-order valence-corrected chi connectivity index (χ2v) is 11.5. The minimum absolute atomic E-state index is 0.0252. The van der Waals surface area contributed by atoms with Crippen molar-refractivity contribution in [2.75, 3.05) is 26.3 Å². The molecule has 2 aromatic carbocycles. The average molecular weight is 602 g/mol. The maximum Gasteiger partial charge on any atom is 0.326 e. The lowest BCUT2D eigenvalue weighted by Gasteiger charge is -2.35. The number of allylic oxidation sites excluding steroid dienone is 1. The smallest absolute Gasteiger partial charge is 0.326 e. The number of nitrogens with one attached hydrogen (secondary N) is 1. The van der Waals surface area contributed by atoms with Crippen molar-refractivity contribution < 1.29 is 19.4 Å². The predicted octanol–water partition coefficient (Wildman–Crippen LogP) is 3.49. The lowest BCUT2D eigenvalue weighted by molar-refractivity contribution is -0.153. The average Bonchev–Trinajstić information content (AvgIpc) is 3.50. The molecule has 0 spiro atoms. The number of aromatic amines is 1. The molecule has 0 bridgehead atoms. The van der Waals surface area contributed by atoms with Gasteiger partial charge in [0, 0.05) is 56.4 Å². The highest BCUT2D eigenvalue weighted by molar-refractivity contribution is 5.92. The van der Waals surface area contributed by atoms with E-state index in [2.05, 4.69) is 4.98 Å². The molecule has 4 aromatic rings. The third kappa shape index (κ3) is 5.65. The Labute approximate surface area is 254 Å². The molecule has 0 radical (unpaired) electrons. The lowest BCUT2D eigenvalue weighted by Crippen LogP contribution is -2.42. The summed E-state index contributed by atoms with van der Waals surface area (Å²) in [6.45, 7) is 3.29. The van der Waals surface area contributed by atoms with Crippen LogP contribution in [0.15, 0.2) is 76.0 Å². The molecule has 2 aliphatic heterocycles. The third-order valence-electron chi connectivity index (χ3n) is 8.83. The summed E-state index contributed by atoms with van der Waals surface area (Å²) >= 11 is 0. The lowest BCUT2D eigenvalue weighted by atomic mass is 9.92. The number of fused-ring (bicyclic) bond motifs is 1. The zero-order chi connectivity index (χ0) is 30.8. The number of piperidine rings is 1. The van der Waals surface area contributed by atoms with Crippen LogP contribution in [0.3, 0.4) is 0 Å². The molecule has 232 valence electrons. The van der Waals surface area contributed by atoms with Crippen molar-refractivity contribution in [3.63, 3.8) is 0 Å². The summed E-state index contributed by atoms with van der Waals surface area (Å²) in [4.78, 5) is 45.1. The van der Waals surface area contributed by atoms with E-state index in [0.717, 1.165) is 22.4 Å². The fraction of sp³-hybridized carbons (Fsp3) is 0.424. The maximum absolute atomic E-state index is 13.9. The number of unbranched alkanes of at least 4 members (excludes halogenated alkanes) is 1. The number of H-pyrrole nitrogens is 1. The van der Waals surface area contributed by atoms with Crippen LogP contribution in [-0.2, 0) is 21.3 Å². The number of ether oxygens (including phenoxy) is 2. The highest BCUT2D eigenvalue weighted by Crippen LogP contribution is 2.34. The first-order chi connectivity index (χ1) is 21.4. The standard InChI is InChI=1S/C33H39N5O6/c1-22-30(32(41)38(35(22)2)25-10-4-3-5-11-25)23-20-28(44-29(21-23)43-19-9-8-18-39)31(40)36-16-14-24(15-17-36)37-27-13-7-6-12-26(27)34-33(37)42/h3-7,10-13,20,23-24,29,39H,8-9,14-19,21H2,1-2H3,(H,34,42)/t23-,29+/m1/s1. The maximum atomic E-state index is 13.9. The van der Waals surface area contributed by atoms with Gasteiger partial charge in [-0.1, -0.05) is 30.3 Å². The van der Waals surface area contributed by atoms with Gasteiger partial charge in [0.1, 0.15) is 0 Å². The number of imidazole rings is 1. The molecule has 1 fully saturated rings. The van der Waals surface area contributed by atoms with E-state index >= 15 is 0 Å². The molecule has 1 amide bonds. The molecule has 0 saturated carbocycles. The third-order valence-corrected chi connectivity index (χ3v) is 8.83. The number of amides is 1. The number of aliphatic hydroxyl groups excluding tert-OH is 1. The van der Waals surface area contributed by atoms with Gasteiger partial charge in [0.25, 0.3) is 11.5 Å². The summed E-state index contributed by atoms with van der Waals surface area (Å²) in [7, 11) is 1.86. The quantitative estimate of drug-likeness (QED) is 0.283. The Morgan fingerprint density at radius 2 is 1.77 bits per heavy atom. The molecule has 0 aliphatic carbocycles. The summed E-state index contributed by atoms with van der Waals surface area (Å²) < 4.78 is 17.4. The normalized spacial score (nSPS) is 19.2. The first-order valence-electron chi connectivity index (χ1n) is 15.3. The Balaban J connectivity index is 1.25. The van der Waals surface area contributed by atoms with E-state index in [1.54, 1.807) is 20.2 Å². The van der Waals surface area contributed by atoms with E-state index in [1.807, 2.05) is 73.3 Å². The first-order valence-corrected chi connectivity index (χ1v) is 15.3. The fourth-order valence-electron chi connectivity index (χ4n) is 6.48. The van der Waals surface area contributed by atoms with Crippen molar-refractivity contribution in [1.82, 2.24) is 23.8 Å². The van der Waals surface area contributed by atoms with E-state index in [0.29, 0.717) is 57.4 Å². The van der Waals surface area contributed by atoms with Crippen LogP contribution in [0, 0.1) is 6.92 Å². The van der Waals surface area contributed by atoms with Gasteiger partial charge < -0.3 is 24.5 Å². The Bertz CT molecular complexity index is 1770. The fourth-order valence-corrected chi connectivity index (χ4v) is 6.48. The van der Waals surface area contributed by atoms with Gasteiger partial charge in [-0.05, 0) is 62.9 Å². The van der Waals surface area contributed by atoms with Gasteiger partial charge in [-0.25, -0.2) is 9.48 Å². The van der Waals surface area contributed by atoms with Crippen LogP contribution in [0.25, 0.3) is 16.7 Å². The topological polar surface area (TPSA) is 124 Å². The molecule has 44 heavy (non-hydrogen) atoms. The van der Waals surface area contributed by atoms with E-state index < -0.39 is 12.2 Å². The number of aromatic nitrogens is 4. The van der Waals surface area contributed by atoms with Crippen molar-refractivity contribution in [2.24, 2.45) is 7.05 Å². The molecule has 2 atom stereocenters. The molecule has 6 rings (SSSR count). The summed E-state index contributed by atoms with van der Waals surface area (Å²) in [6.07, 6.45) is 3.96. The number of para-hydroxylation sites is 3. The number of likely N-dealkylation sites (tertiary alicyclic amines) is 1. The van der Waals surface area contributed by atoms with E-state index in [1.165, 1.54) is 0 Å². The Morgan fingerprint density at radius 3 is 2.52 bits per heavy atom. The summed E-state index contributed by atoms with van der Waals surface area (Å²) in [5, 5.41) is 9.18. The van der Waals surface area contributed by atoms with Crippen LogP contribution in [0.1, 0.15) is 55.3 Å². The van der Waals surface area contributed by atoms with E-state index in [4.69, 9.17) is 9.47 Å². The monoisotopic (exact) mass is 601 g/mol. The number of hydrogen-bond donors (Lipinski definition) is 2. The molecule has 2 aromatic heterocycles. The Hall–Kier alpha value is -4.35. The molecule has 0 unspecified atom stereocenters. The largest absolute Gasteiger partial charge is 0.459 e. The summed E-state index contributed by atoms with van der Waals surface area (Å²) in [5.41, 5.74) is 3.55. The molecular weight excluding hydrogens is 562 g/mol. The van der Waals surface area contributed by atoms with Gasteiger partial charge in [0.15, 0.2) is 5.76 Å². The number of carbonyl (C=O) groups excluding carboxylic acids is 1. The minimum atomic E-state index is -0.714. The van der Waals surface area contributed by atoms with Crippen LogP contribution in [0.5, 0.6) is 0 Å². The van der Waals surface area contributed by atoms with E-state index in [9.17, 15) is 19.5 Å². The number of nitrogens with zero attached hydrogens (tertiary/aromatic N) is 4. The van der Waals surface area contributed by atoms with Gasteiger partial charge in [-0.2, -0.15) is 0 Å².